The quantitative estimate of drug-likeness (QED) is 0.856. The second-order valence-electron chi connectivity index (χ2n) is 3.88. The van der Waals surface area contributed by atoms with Crippen molar-refractivity contribution in [2.75, 3.05) is 0 Å². The maximum Gasteiger partial charge on any atom is 0.328 e. The van der Waals surface area contributed by atoms with Crippen LogP contribution >= 0.6 is 11.3 Å². The Bertz CT molecular complexity index is 650. The monoisotopic (exact) mass is 296 g/mol. The normalized spacial score (nSPS) is 10.9. The van der Waals surface area contributed by atoms with E-state index in [1.807, 2.05) is 0 Å². The molecule has 0 atom stereocenters. The van der Waals surface area contributed by atoms with Crippen LogP contribution in [0, 0.1) is 11.6 Å². The number of carboxylic acids is 1. The minimum Gasteiger partial charge on any atom is -0.488 e. The summed E-state index contributed by atoms with van der Waals surface area (Å²) in [6, 6.07) is 5.09. The summed E-state index contributed by atoms with van der Waals surface area (Å²) < 4.78 is 31.0. The maximum absolute atomic E-state index is 13.0. The van der Waals surface area contributed by atoms with Gasteiger partial charge in [0.2, 0.25) is 0 Å². The summed E-state index contributed by atoms with van der Waals surface area (Å²) in [6.07, 6.45) is 2.52. The molecule has 3 nitrogen and oxygen atoms in total. The molecule has 0 saturated heterocycles. The Balaban J connectivity index is 1.97. The Hall–Kier alpha value is -2.21. The van der Waals surface area contributed by atoms with Gasteiger partial charge in [0.05, 0.1) is 0 Å². The second kappa shape index (κ2) is 6.29. The summed E-state index contributed by atoms with van der Waals surface area (Å²) in [7, 11) is 0. The van der Waals surface area contributed by atoms with Crippen molar-refractivity contribution in [3.8, 4) is 5.75 Å². The van der Waals surface area contributed by atoms with Crippen LogP contribution < -0.4 is 4.74 Å². The fourth-order valence-corrected chi connectivity index (χ4v) is 2.21. The number of hydrogen-bond donors (Lipinski definition) is 1. The van der Waals surface area contributed by atoms with Gasteiger partial charge in [0.1, 0.15) is 12.4 Å². The summed E-state index contributed by atoms with van der Waals surface area (Å²) in [5.41, 5.74) is 0.751. The summed E-state index contributed by atoms with van der Waals surface area (Å²) in [5.74, 6) is -2.66. The zero-order valence-corrected chi connectivity index (χ0v) is 11.0. The molecule has 0 aliphatic rings. The van der Waals surface area contributed by atoms with Gasteiger partial charge in [-0.2, -0.15) is 0 Å². The zero-order chi connectivity index (χ0) is 14.5. The van der Waals surface area contributed by atoms with Gasteiger partial charge in [-0.15, -0.1) is 11.3 Å². The van der Waals surface area contributed by atoms with Crippen LogP contribution in [0.2, 0.25) is 0 Å². The molecule has 0 saturated carbocycles. The van der Waals surface area contributed by atoms with E-state index in [1.54, 1.807) is 11.4 Å². The number of benzene rings is 1. The van der Waals surface area contributed by atoms with Crippen LogP contribution in [-0.4, -0.2) is 11.1 Å². The molecule has 1 heterocycles. The van der Waals surface area contributed by atoms with Crippen molar-refractivity contribution < 1.29 is 23.4 Å². The Morgan fingerprint density at radius 3 is 2.80 bits per heavy atom. The zero-order valence-electron chi connectivity index (χ0n) is 10.2. The van der Waals surface area contributed by atoms with Crippen molar-refractivity contribution >= 4 is 23.4 Å². The fourth-order valence-electron chi connectivity index (χ4n) is 1.45. The highest BCUT2D eigenvalue weighted by molar-refractivity contribution is 7.10. The minimum atomic E-state index is -1.02. The van der Waals surface area contributed by atoms with E-state index in [0.29, 0.717) is 0 Å². The van der Waals surface area contributed by atoms with Crippen molar-refractivity contribution in [2.24, 2.45) is 0 Å². The van der Waals surface area contributed by atoms with Gasteiger partial charge in [-0.3, -0.25) is 0 Å². The summed E-state index contributed by atoms with van der Waals surface area (Å²) >= 11 is 1.39. The van der Waals surface area contributed by atoms with E-state index in [0.717, 1.165) is 28.6 Å². The predicted molar refractivity (Wildman–Crippen MR) is 71.7 cm³/mol. The SMILES string of the molecule is O=C(O)C=Cc1csc(COc2ccc(F)c(F)c2)c1. The van der Waals surface area contributed by atoms with Crippen molar-refractivity contribution in [1.82, 2.24) is 0 Å². The van der Waals surface area contributed by atoms with Gasteiger partial charge in [0.15, 0.2) is 11.6 Å². The molecule has 2 aromatic rings. The second-order valence-corrected chi connectivity index (χ2v) is 4.88. The van der Waals surface area contributed by atoms with E-state index in [4.69, 9.17) is 9.84 Å². The van der Waals surface area contributed by atoms with E-state index in [-0.39, 0.29) is 12.4 Å². The lowest BCUT2D eigenvalue weighted by atomic mass is 10.3. The predicted octanol–water partition coefficient (Wildman–Crippen LogP) is 3.70. The van der Waals surface area contributed by atoms with E-state index in [9.17, 15) is 13.6 Å². The first kappa shape index (κ1) is 14.2. The first-order chi connectivity index (χ1) is 9.54. The minimum absolute atomic E-state index is 0.205. The molecular formula is C14H10F2O3S. The molecule has 20 heavy (non-hydrogen) atoms. The lowest BCUT2D eigenvalue weighted by molar-refractivity contribution is -0.131. The van der Waals surface area contributed by atoms with Crippen LogP contribution in [0.25, 0.3) is 6.08 Å². The van der Waals surface area contributed by atoms with Crippen molar-refractivity contribution in [3.63, 3.8) is 0 Å². The molecule has 0 aliphatic carbocycles. The van der Waals surface area contributed by atoms with E-state index >= 15 is 0 Å². The van der Waals surface area contributed by atoms with Gasteiger partial charge < -0.3 is 9.84 Å². The molecule has 0 spiro atoms. The number of carbonyl (C=O) groups is 1. The van der Waals surface area contributed by atoms with Gasteiger partial charge in [-0.25, -0.2) is 13.6 Å². The molecule has 1 aromatic carbocycles. The lowest BCUT2D eigenvalue weighted by Gasteiger charge is -2.04. The summed E-state index contributed by atoms with van der Waals surface area (Å²) in [4.78, 5) is 11.2. The largest absolute Gasteiger partial charge is 0.488 e. The summed E-state index contributed by atoms with van der Waals surface area (Å²) in [6.45, 7) is 0.205. The van der Waals surface area contributed by atoms with Gasteiger partial charge in [-0.05, 0) is 35.2 Å². The molecule has 0 bridgehead atoms. The van der Waals surface area contributed by atoms with Crippen molar-refractivity contribution in [3.05, 3.63) is 57.8 Å². The highest BCUT2D eigenvalue weighted by Gasteiger charge is 2.04. The fraction of sp³-hybridized carbons (Fsp3) is 0.0714. The van der Waals surface area contributed by atoms with E-state index in [1.165, 1.54) is 23.5 Å². The molecular weight excluding hydrogens is 286 g/mol. The highest BCUT2D eigenvalue weighted by Crippen LogP contribution is 2.20. The van der Waals surface area contributed by atoms with Crippen LogP contribution in [0.15, 0.2) is 35.7 Å². The topological polar surface area (TPSA) is 46.5 Å². The number of ether oxygens (including phenoxy) is 1. The first-order valence-corrected chi connectivity index (χ1v) is 6.49. The van der Waals surface area contributed by atoms with E-state index in [2.05, 4.69) is 0 Å². The molecule has 1 N–H and O–H groups in total. The standard InChI is InChI=1S/C14H10F2O3S/c15-12-3-2-10(6-13(12)16)19-7-11-5-9(8-20-11)1-4-14(17)18/h1-6,8H,7H2,(H,17,18). The smallest absolute Gasteiger partial charge is 0.328 e. The molecule has 1 aromatic heterocycles. The molecule has 6 heteroatoms. The third-order valence-electron chi connectivity index (χ3n) is 2.36. The Morgan fingerprint density at radius 1 is 1.30 bits per heavy atom. The first-order valence-electron chi connectivity index (χ1n) is 5.61. The number of halogens is 2. The van der Waals surface area contributed by atoms with Crippen LogP contribution in [0.4, 0.5) is 8.78 Å². The molecule has 0 radical (unpaired) electrons. The molecule has 0 aliphatic heterocycles. The number of carboxylic acid groups (broad SMARTS) is 1. The summed E-state index contributed by atoms with van der Waals surface area (Å²) in [5, 5.41) is 10.3. The molecule has 0 fully saturated rings. The number of thiophene rings is 1. The van der Waals surface area contributed by atoms with Gasteiger partial charge in [0, 0.05) is 17.0 Å². The molecule has 2 rings (SSSR count). The molecule has 0 unspecified atom stereocenters. The van der Waals surface area contributed by atoms with Crippen LogP contribution in [-0.2, 0) is 11.4 Å². The highest BCUT2D eigenvalue weighted by atomic mass is 32.1. The maximum atomic E-state index is 13.0. The van der Waals surface area contributed by atoms with Crippen LogP contribution in [0.3, 0.4) is 0 Å². The molecule has 104 valence electrons. The lowest BCUT2D eigenvalue weighted by Crippen LogP contribution is -1.94. The van der Waals surface area contributed by atoms with Crippen molar-refractivity contribution in [2.45, 2.75) is 6.61 Å². The average Bonchev–Trinajstić information content (AvgIpc) is 2.86. The van der Waals surface area contributed by atoms with Crippen LogP contribution in [0.1, 0.15) is 10.4 Å². The number of rotatable bonds is 5. The van der Waals surface area contributed by atoms with Gasteiger partial charge in [-0.1, -0.05) is 0 Å². The molecule has 0 amide bonds. The Labute approximate surface area is 117 Å². The van der Waals surface area contributed by atoms with Crippen molar-refractivity contribution in [1.29, 1.82) is 0 Å². The Kier molecular flexibility index (Phi) is 4.47. The Morgan fingerprint density at radius 2 is 2.10 bits per heavy atom. The third kappa shape index (κ3) is 3.89. The third-order valence-corrected chi connectivity index (χ3v) is 3.29. The average molecular weight is 296 g/mol. The number of hydrogen-bond acceptors (Lipinski definition) is 3. The van der Waals surface area contributed by atoms with E-state index < -0.39 is 17.6 Å². The van der Waals surface area contributed by atoms with Gasteiger partial charge in [0.25, 0.3) is 0 Å². The van der Waals surface area contributed by atoms with Gasteiger partial charge >= 0.3 is 5.97 Å². The van der Waals surface area contributed by atoms with Crippen LogP contribution in [0.5, 0.6) is 5.75 Å². The number of aliphatic carboxylic acids is 1.